The van der Waals surface area contributed by atoms with E-state index in [9.17, 15) is 0 Å². The molecule has 0 aliphatic rings. The van der Waals surface area contributed by atoms with Gasteiger partial charge >= 0.3 is 0 Å². The lowest BCUT2D eigenvalue weighted by atomic mass is 10.0. The molecule has 0 heterocycles. The zero-order valence-corrected chi connectivity index (χ0v) is 11.4. The Balaban J connectivity index is 2.72. The monoisotopic (exact) mass is 262 g/mol. The number of rotatable bonds is 3. The highest BCUT2D eigenvalue weighted by molar-refractivity contribution is 5.94. The zero-order valence-electron chi connectivity index (χ0n) is 11.4. The average molecular weight is 262 g/mol. The molecule has 0 aromatic heterocycles. The summed E-state index contributed by atoms with van der Waals surface area (Å²) in [5, 5.41) is 19.9. The van der Waals surface area contributed by atoms with Crippen molar-refractivity contribution < 1.29 is 4.74 Å². The third-order valence-corrected chi connectivity index (χ3v) is 2.82. The maximum absolute atomic E-state index is 8.95. The minimum Gasteiger partial charge on any atom is -0.490 e. The summed E-state index contributed by atoms with van der Waals surface area (Å²) in [7, 11) is 0. The highest BCUT2D eigenvalue weighted by Crippen LogP contribution is 2.30. The van der Waals surface area contributed by atoms with Gasteiger partial charge in [-0.05, 0) is 36.8 Å². The van der Waals surface area contributed by atoms with Crippen LogP contribution in [0.2, 0.25) is 0 Å². The number of allylic oxidation sites excluding steroid dienone is 1. The molecule has 0 saturated carbocycles. The quantitative estimate of drug-likeness (QED) is 0.784. The predicted octanol–water partition coefficient (Wildman–Crippen LogP) is 4.06. The minimum absolute atomic E-state index is 0.0240. The van der Waals surface area contributed by atoms with E-state index < -0.39 is 0 Å². The molecule has 2 rings (SSSR count). The van der Waals surface area contributed by atoms with Crippen molar-refractivity contribution in [2.24, 2.45) is 0 Å². The van der Waals surface area contributed by atoms with Crippen LogP contribution in [0.1, 0.15) is 19.4 Å². The molecule has 3 heteroatoms. The Morgan fingerprint density at radius 1 is 1.10 bits per heavy atom. The largest absolute Gasteiger partial charge is 0.490 e. The first kappa shape index (κ1) is 13.6. The third-order valence-electron chi connectivity index (χ3n) is 2.82. The Labute approximate surface area is 118 Å². The van der Waals surface area contributed by atoms with Crippen LogP contribution in [0, 0.1) is 22.7 Å². The molecule has 0 unspecified atom stereocenters. The fourth-order valence-electron chi connectivity index (χ4n) is 2.02. The molecule has 20 heavy (non-hydrogen) atoms. The Morgan fingerprint density at radius 3 is 2.45 bits per heavy atom. The first-order chi connectivity index (χ1) is 9.65. The van der Waals surface area contributed by atoms with Gasteiger partial charge in [0.15, 0.2) is 0 Å². The van der Waals surface area contributed by atoms with Gasteiger partial charge in [-0.1, -0.05) is 30.3 Å². The lowest BCUT2D eigenvalue weighted by Crippen LogP contribution is -2.06. The molecule has 0 amide bonds. The molecule has 0 radical (unpaired) electrons. The second-order valence-corrected chi connectivity index (χ2v) is 4.65. The van der Waals surface area contributed by atoms with Crippen LogP contribution >= 0.6 is 0 Å². The molecule has 2 aromatic carbocycles. The molecule has 2 aromatic rings. The summed E-state index contributed by atoms with van der Waals surface area (Å²) in [6, 6.07) is 15.5. The number of fused-ring (bicyclic) bond motifs is 1. The van der Waals surface area contributed by atoms with E-state index in [1.54, 1.807) is 6.08 Å². The highest BCUT2D eigenvalue weighted by atomic mass is 16.5. The molecule has 0 spiro atoms. The second kappa shape index (κ2) is 5.91. The van der Waals surface area contributed by atoms with Crippen LogP contribution < -0.4 is 4.74 Å². The van der Waals surface area contributed by atoms with E-state index in [4.69, 9.17) is 15.3 Å². The van der Waals surface area contributed by atoms with Gasteiger partial charge in [0.2, 0.25) is 0 Å². The summed E-state index contributed by atoms with van der Waals surface area (Å²) in [5.41, 5.74) is 0.838. The number of ether oxygens (including phenoxy) is 1. The van der Waals surface area contributed by atoms with Gasteiger partial charge in [-0.15, -0.1) is 0 Å². The summed E-state index contributed by atoms with van der Waals surface area (Å²) >= 11 is 0. The second-order valence-electron chi connectivity index (χ2n) is 4.65. The van der Waals surface area contributed by atoms with E-state index in [1.165, 1.54) is 0 Å². The Bertz CT molecular complexity index is 730. The molecule has 0 bridgehead atoms. The van der Waals surface area contributed by atoms with Crippen molar-refractivity contribution in [3.8, 4) is 17.9 Å². The van der Waals surface area contributed by atoms with Crippen LogP contribution in [0.25, 0.3) is 16.8 Å². The van der Waals surface area contributed by atoms with E-state index in [2.05, 4.69) is 0 Å². The third kappa shape index (κ3) is 2.79. The van der Waals surface area contributed by atoms with Gasteiger partial charge in [-0.3, -0.25) is 0 Å². The van der Waals surface area contributed by atoms with Crippen molar-refractivity contribution >= 4 is 16.8 Å². The number of nitrogens with zero attached hydrogens (tertiary/aromatic N) is 2. The molecule has 0 atom stereocenters. The van der Waals surface area contributed by atoms with E-state index in [-0.39, 0.29) is 11.7 Å². The van der Waals surface area contributed by atoms with Crippen LogP contribution in [-0.2, 0) is 0 Å². The van der Waals surface area contributed by atoms with Gasteiger partial charge in [0.25, 0.3) is 0 Å². The van der Waals surface area contributed by atoms with Gasteiger partial charge in [-0.2, -0.15) is 10.5 Å². The number of hydrogen-bond acceptors (Lipinski definition) is 3. The van der Waals surface area contributed by atoms with Crippen molar-refractivity contribution in [3.63, 3.8) is 0 Å². The van der Waals surface area contributed by atoms with Gasteiger partial charge in [-0.25, -0.2) is 0 Å². The van der Waals surface area contributed by atoms with Gasteiger partial charge in [0, 0.05) is 5.56 Å². The van der Waals surface area contributed by atoms with Gasteiger partial charge < -0.3 is 4.74 Å². The van der Waals surface area contributed by atoms with E-state index in [1.807, 2.05) is 62.4 Å². The number of nitriles is 2. The molecular formula is C17H14N2O. The summed E-state index contributed by atoms with van der Waals surface area (Å²) in [4.78, 5) is 0. The molecule has 0 N–H and O–H groups in total. The fraction of sp³-hybridized carbons (Fsp3) is 0.176. The Hall–Kier alpha value is -2.78. The predicted molar refractivity (Wildman–Crippen MR) is 78.9 cm³/mol. The van der Waals surface area contributed by atoms with Crippen LogP contribution in [0.3, 0.4) is 0 Å². The molecular weight excluding hydrogens is 248 g/mol. The van der Waals surface area contributed by atoms with Gasteiger partial charge in [0.05, 0.1) is 6.10 Å². The Kier molecular flexibility index (Phi) is 4.03. The first-order valence-electron chi connectivity index (χ1n) is 6.36. The smallest absolute Gasteiger partial charge is 0.130 e. The maximum atomic E-state index is 8.95. The molecule has 0 aliphatic carbocycles. The van der Waals surface area contributed by atoms with Crippen molar-refractivity contribution in [3.05, 3.63) is 47.5 Å². The SMILES string of the molecule is CC(C)Oc1ccc2ccccc2c1C=C(C#N)C#N. The maximum Gasteiger partial charge on any atom is 0.130 e. The molecule has 0 aliphatic heterocycles. The number of hydrogen-bond donors (Lipinski definition) is 0. The van der Waals surface area contributed by atoms with Crippen LogP contribution in [0.5, 0.6) is 5.75 Å². The summed E-state index contributed by atoms with van der Waals surface area (Å²) in [6.07, 6.45) is 1.61. The van der Waals surface area contributed by atoms with Crippen molar-refractivity contribution in [1.82, 2.24) is 0 Å². The highest BCUT2D eigenvalue weighted by Gasteiger charge is 2.09. The summed E-state index contributed by atoms with van der Waals surface area (Å²) < 4.78 is 5.78. The van der Waals surface area contributed by atoms with E-state index in [0.29, 0.717) is 5.75 Å². The van der Waals surface area contributed by atoms with Crippen molar-refractivity contribution in [1.29, 1.82) is 10.5 Å². The zero-order chi connectivity index (χ0) is 14.5. The molecule has 98 valence electrons. The number of benzene rings is 2. The van der Waals surface area contributed by atoms with E-state index in [0.717, 1.165) is 16.3 Å². The lowest BCUT2D eigenvalue weighted by molar-refractivity contribution is 0.242. The fourth-order valence-corrected chi connectivity index (χ4v) is 2.02. The Morgan fingerprint density at radius 2 is 1.80 bits per heavy atom. The summed E-state index contributed by atoms with van der Waals surface area (Å²) in [5.74, 6) is 0.682. The molecule has 0 saturated heterocycles. The molecule has 3 nitrogen and oxygen atoms in total. The van der Waals surface area contributed by atoms with Crippen LogP contribution in [-0.4, -0.2) is 6.10 Å². The average Bonchev–Trinajstić information content (AvgIpc) is 2.45. The molecule has 0 fully saturated rings. The van der Waals surface area contributed by atoms with Gasteiger partial charge in [0.1, 0.15) is 23.5 Å². The normalized spacial score (nSPS) is 9.85. The topological polar surface area (TPSA) is 56.8 Å². The minimum atomic E-state index is 0.0240. The first-order valence-corrected chi connectivity index (χ1v) is 6.36. The van der Waals surface area contributed by atoms with E-state index >= 15 is 0 Å². The standard InChI is InChI=1S/C17H14N2O/c1-12(2)20-17-8-7-14-5-3-4-6-15(14)16(17)9-13(10-18)11-19/h3-9,12H,1-2H3. The van der Waals surface area contributed by atoms with Crippen molar-refractivity contribution in [2.45, 2.75) is 20.0 Å². The van der Waals surface area contributed by atoms with Crippen LogP contribution in [0.15, 0.2) is 42.0 Å². The van der Waals surface area contributed by atoms with Crippen LogP contribution in [0.4, 0.5) is 0 Å². The lowest BCUT2D eigenvalue weighted by Gasteiger charge is -2.14. The summed E-state index contributed by atoms with van der Waals surface area (Å²) in [6.45, 7) is 3.89. The van der Waals surface area contributed by atoms with Crippen molar-refractivity contribution in [2.75, 3.05) is 0 Å².